The molecule has 0 aliphatic heterocycles. The molecular formula is C46H90NO10P. The van der Waals surface area contributed by atoms with E-state index in [1.807, 2.05) is 0 Å². The number of nitrogens with two attached hydrogens (primary N) is 1. The van der Waals surface area contributed by atoms with E-state index in [0.29, 0.717) is 12.8 Å². The van der Waals surface area contributed by atoms with E-state index in [1.54, 1.807) is 0 Å². The van der Waals surface area contributed by atoms with Crippen LogP contribution < -0.4 is 5.73 Å². The van der Waals surface area contributed by atoms with Crippen molar-refractivity contribution in [2.75, 3.05) is 19.8 Å². The summed E-state index contributed by atoms with van der Waals surface area (Å²) in [6.45, 7) is 2.85. The maximum Gasteiger partial charge on any atom is 0.472 e. The molecule has 344 valence electrons. The van der Waals surface area contributed by atoms with Crippen molar-refractivity contribution in [3.8, 4) is 0 Å². The van der Waals surface area contributed by atoms with Gasteiger partial charge in [-0.25, -0.2) is 4.57 Å². The van der Waals surface area contributed by atoms with E-state index in [-0.39, 0.29) is 19.4 Å². The van der Waals surface area contributed by atoms with Crippen LogP contribution in [0.3, 0.4) is 0 Å². The summed E-state index contributed by atoms with van der Waals surface area (Å²) in [5.41, 5.74) is 5.34. The van der Waals surface area contributed by atoms with Crippen molar-refractivity contribution in [1.82, 2.24) is 0 Å². The first-order valence-electron chi connectivity index (χ1n) is 24.1. The van der Waals surface area contributed by atoms with Crippen molar-refractivity contribution < 1.29 is 47.5 Å². The first-order chi connectivity index (χ1) is 28.1. The summed E-state index contributed by atoms with van der Waals surface area (Å²) in [4.78, 5) is 46.0. The molecule has 0 rings (SSSR count). The minimum atomic E-state index is -4.71. The number of hydrogen-bond acceptors (Lipinski definition) is 9. The highest BCUT2D eigenvalue weighted by Crippen LogP contribution is 2.43. The third-order valence-electron chi connectivity index (χ3n) is 10.9. The van der Waals surface area contributed by atoms with Gasteiger partial charge >= 0.3 is 25.7 Å². The molecule has 12 heteroatoms. The van der Waals surface area contributed by atoms with Gasteiger partial charge in [0.25, 0.3) is 0 Å². The van der Waals surface area contributed by atoms with Gasteiger partial charge in [-0.1, -0.05) is 219 Å². The van der Waals surface area contributed by atoms with Gasteiger partial charge in [0.2, 0.25) is 0 Å². The van der Waals surface area contributed by atoms with Crippen molar-refractivity contribution in [3.05, 3.63) is 0 Å². The Balaban J connectivity index is 4.18. The van der Waals surface area contributed by atoms with Gasteiger partial charge in [0.05, 0.1) is 13.2 Å². The van der Waals surface area contributed by atoms with E-state index in [9.17, 15) is 23.8 Å². The molecule has 0 amide bonds. The molecule has 0 saturated carbocycles. The van der Waals surface area contributed by atoms with Crippen molar-refractivity contribution >= 4 is 25.7 Å². The largest absolute Gasteiger partial charge is 0.480 e. The first-order valence-corrected chi connectivity index (χ1v) is 25.6. The quantitative estimate of drug-likeness (QED) is 0.0302. The lowest BCUT2D eigenvalue weighted by atomic mass is 10.0. The van der Waals surface area contributed by atoms with Gasteiger partial charge in [0, 0.05) is 12.8 Å². The van der Waals surface area contributed by atoms with Gasteiger partial charge in [-0.05, 0) is 12.8 Å². The molecular weight excluding hydrogens is 757 g/mol. The van der Waals surface area contributed by atoms with Crippen LogP contribution in [0.15, 0.2) is 0 Å². The predicted molar refractivity (Wildman–Crippen MR) is 236 cm³/mol. The van der Waals surface area contributed by atoms with E-state index in [4.69, 9.17) is 24.8 Å². The van der Waals surface area contributed by atoms with Crippen LogP contribution in [-0.2, 0) is 37.5 Å². The van der Waals surface area contributed by atoms with Gasteiger partial charge in [0.1, 0.15) is 12.6 Å². The van der Waals surface area contributed by atoms with Crippen molar-refractivity contribution in [1.29, 1.82) is 0 Å². The number of phosphoric ester groups is 1. The molecule has 0 fully saturated rings. The molecule has 0 aliphatic rings. The van der Waals surface area contributed by atoms with Gasteiger partial charge in [-0.2, -0.15) is 0 Å². The van der Waals surface area contributed by atoms with Crippen LogP contribution in [0.5, 0.6) is 0 Å². The molecule has 1 unspecified atom stereocenters. The number of carbonyl (C=O) groups excluding carboxylic acids is 2. The Morgan fingerprint density at radius 1 is 0.466 bits per heavy atom. The molecule has 0 bridgehead atoms. The second kappa shape index (κ2) is 42.2. The van der Waals surface area contributed by atoms with E-state index >= 15 is 0 Å². The van der Waals surface area contributed by atoms with E-state index in [0.717, 1.165) is 38.5 Å². The fourth-order valence-corrected chi connectivity index (χ4v) is 7.85. The summed E-state index contributed by atoms with van der Waals surface area (Å²) in [5.74, 6) is -2.35. The monoisotopic (exact) mass is 848 g/mol. The van der Waals surface area contributed by atoms with Gasteiger partial charge in [-0.3, -0.25) is 23.4 Å². The topological polar surface area (TPSA) is 172 Å². The number of rotatable bonds is 46. The molecule has 0 heterocycles. The standard InChI is InChI=1S/C46H90NO10P/c1-3-5-7-9-11-13-15-17-18-19-20-21-22-23-24-26-27-29-31-33-35-37-44(48)54-39-42(40-55-58(52,53)56-41-43(47)46(50)51)57-45(49)38-36-34-32-30-28-25-16-14-12-10-8-6-4-2/h42-43H,3-41,47H2,1-2H3,(H,50,51)(H,52,53)/t42-,43+/m1/s1. The highest BCUT2D eigenvalue weighted by atomic mass is 31.2. The van der Waals surface area contributed by atoms with Crippen LogP contribution in [0.25, 0.3) is 0 Å². The van der Waals surface area contributed by atoms with Crippen molar-refractivity contribution in [3.63, 3.8) is 0 Å². The molecule has 0 saturated heterocycles. The number of esters is 2. The lowest BCUT2D eigenvalue weighted by Crippen LogP contribution is -2.34. The van der Waals surface area contributed by atoms with Crippen LogP contribution in [0.4, 0.5) is 0 Å². The lowest BCUT2D eigenvalue weighted by molar-refractivity contribution is -0.161. The highest BCUT2D eigenvalue weighted by Gasteiger charge is 2.28. The average molecular weight is 848 g/mol. The van der Waals surface area contributed by atoms with Crippen molar-refractivity contribution in [2.45, 2.75) is 257 Å². The number of carboxylic acids is 1. The zero-order chi connectivity index (χ0) is 42.8. The molecule has 11 nitrogen and oxygen atoms in total. The average Bonchev–Trinajstić information content (AvgIpc) is 3.20. The third-order valence-corrected chi connectivity index (χ3v) is 11.8. The predicted octanol–water partition coefficient (Wildman–Crippen LogP) is 13.1. The Labute approximate surface area is 355 Å². The minimum Gasteiger partial charge on any atom is -0.480 e. The van der Waals surface area contributed by atoms with Gasteiger partial charge in [-0.15, -0.1) is 0 Å². The van der Waals surface area contributed by atoms with Crippen molar-refractivity contribution in [2.24, 2.45) is 5.73 Å². The third kappa shape index (κ3) is 41.2. The molecule has 4 N–H and O–H groups in total. The Kier molecular flexibility index (Phi) is 41.1. The SMILES string of the molecule is CCCCCCCCCCCCCCCCCCCCCCCC(=O)OC[C@H](COP(=O)(O)OC[C@H](N)C(=O)O)OC(=O)CCCCCCCCCCCCCCC. The van der Waals surface area contributed by atoms with Crippen LogP contribution in [0.1, 0.15) is 245 Å². The van der Waals surface area contributed by atoms with Crippen LogP contribution in [-0.4, -0.2) is 59.9 Å². The fraction of sp³-hybridized carbons (Fsp3) is 0.935. The van der Waals surface area contributed by atoms with Crippen LogP contribution in [0, 0.1) is 0 Å². The molecule has 0 aliphatic carbocycles. The Hall–Kier alpha value is -1.52. The second-order valence-electron chi connectivity index (χ2n) is 16.6. The number of aliphatic carboxylic acids is 1. The zero-order valence-electron chi connectivity index (χ0n) is 37.4. The number of carboxylic acid groups (broad SMARTS) is 1. The molecule has 58 heavy (non-hydrogen) atoms. The fourth-order valence-electron chi connectivity index (χ4n) is 7.07. The molecule has 3 atom stereocenters. The zero-order valence-corrected chi connectivity index (χ0v) is 38.3. The highest BCUT2D eigenvalue weighted by molar-refractivity contribution is 7.47. The maximum absolute atomic E-state index is 12.6. The summed E-state index contributed by atoms with van der Waals surface area (Å²) in [5, 5.41) is 8.90. The van der Waals surface area contributed by atoms with Gasteiger partial charge in [0.15, 0.2) is 6.10 Å². The normalized spacial score (nSPS) is 13.6. The summed E-state index contributed by atoms with van der Waals surface area (Å²) in [6.07, 6.45) is 41.7. The summed E-state index contributed by atoms with van der Waals surface area (Å²) < 4.78 is 32.8. The maximum atomic E-state index is 12.6. The van der Waals surface area contributed by atoms with Gasteiger partial charge < -0.3 is 25.2 Å². The Morgan fingerprint density at radius 3 is 1.09 bits per heavy atom. The minimum absolute atomic E-state index is 0.169. The molecule has 0 radical (unpaired) electrons. The number of unbranched alkanes of at least 4 members (excludes halogenated alkanes) is 32. The van der Waals surface area contributed by atoms with Crippen LogP contribution >= 0.6 is 7.82 Å². The molecule has 0 aromatic rings. The number of carbonyl (C=O) groups is 3. The molecule has 0 spiro atoms. The summed E-state index contributed by atoms with van der Waals surface area (Å²) >= 11 is 0. The first kappa shape index (κ1) is 56.5. The number of phosphoric acid groups is 1. The van der Waals surface area contributed by atoms with E-state index in [2.05, 4.69) is 18.4 Å². The number of hydrogen-bond donors (Lipinski definition) is 3. The van der Waals surface area contributed by atoms with E-state index < -0.39 is 51.1 Å². The van der Waals surface area contributed by atoms with E-state index in [1.165, 1.54) is 167 Å². The molecule has 0 aromatic carbocycles. The summed E-state index contributed by atoms with van der Waals surface area (Å²) in [7, 11) is -4.71. The molecule has 0 aromatic heterocycles. The second-order valence-corrected chi connectivity index (χ2v) is 18.1. The summed E-state index contributed by atoms with van der Waals surface area (Å²) in [6, 6.07) is -1.52. The Bertz CT molecular complexity index is 1000. The Morgan fingerprint density at radius 2 is 0.759 bits per heavy atom. The number of ether oxygens (including phenoxy) is 2. The lowest BCUT2D eigenvalue weighted by Gasteiger charge is -2.20. The van der Waals surface area contributed by atoms with Crippen LogP contribution in [0.2, 0.25) is 0 Å². The smallest absolute Gasteiger partial charge is 0.472 e.